The number of aliphatic hydroxyl groups excluding tert-OH is 2. The zero-order valence-corrected chi connectivity index (χ0v) is 14.5. The molecule has 0 aliphatic carbocycles. The molecular formula is C19H31NO3. The van der Waals surface area contributed by atoms with Gasteiger partial charge in [-0.25, -0.2) is 0 Å². The third-order valence-electron chi connectivity index (χ3n) is 4.28. The third-order valence-corrected chi connectivity index (χ3v) is 4.28. The Balaban J connectivity index is 2.58. The second-order valence-corrected chi connectivity index (χ2v) is 6.29. The minimum absolute atomic E-state index is 0.274. The van der Waals surface area contributed by atoms with Crippen molar-refractivity contribution >= 4 is 5.91 Å². The minimum Gasteiger partial charge on any atom is -0.393 e. The van der Waals surface area contributed by atoms with Crippen molar-refractivity contribution in [2.45, 2.75) is 64.3 Å². The van der Waals surface area contributed by atoms with Gasteiger partial charge < -0.3 is 15.5 Å². The van der Waals surface area contributed by atoms with Crippen LogP contribution >= 0.6 is 0 Å². The highest BCUT2D eigenvalue weighted by Gasteiger charge is 2.31. The predicted molar refractivity (Wildman–Crippen MR) is 93.2 cm³/mol. The first-order valence-corrected chi connectivity index (χ1v) is 8.68. The van der Waals surface area contributed by atoms with Gasteiger partial charge in [-0.15, -0.1) is 0 Å². The van der Waals surface area contributed by atoms with E-state index in [-0.39, 0.29) is 19.1 Å². The molecule has 1 rings (SSSR count). The molecule has 0 bridgehead atoms. The summed E-state index contributed by atoms with van der Waals surface area (Å²) in [6.07, 6.45) is 8.69. The Hall–Kier alpha value is -1.39. The summed E-state index contributed by atoms with van der Waals surface area (Å²) in [5.41, 5.74) is 0.867. The molecule has 0 radical (unpaired) electrons. The molecule has 0 atom stereocenters. The van der Waals surface area contributed by atoms with Gasteiger partial charge in [0.2, 0.25) is 5.91 Å². The summed E-state index contributed by atoms with van der Waals surface area (Å²) in [5, 5.41) is 21.9. The van der Waals surface area contributed by atoms with E-state index >= 15 is 0 Å². The van der Waals surface area contributed by atoms with Crippen molar-refractivity contribution in [1.82, 2.24) is 5.32 Å². The van der Waals surface area contributed by atoms with Gasteiger partial charge >= 0.3 is 0 Å². The van der Waals surface area contributed by atoms with E-state index in [9.17, 15) is 15.0 Å². The average Bonchev–Trinajstić information content (AvgIpc) is 2.56. The van der Waals surface area contributed by atoms with Crippen LogP contribution in [0.2, 0.25) is 0 Å². The lowest BCUT2D eigenvalue weighted by atomic mass is 9.90. The van der Waals surface area contributed by atoms with E-state index in [4.69, 9.17) is 0 Å². The summed E-state index contributed by atoms with van der Waals surface area (Å²) in [5.74, 6) is -0.274. The van der Waals surface area contributed by atoms with Crippen molar-refractivity contribution in [3.8, 4) is 0 Å². The number of hydrogen-bond donors (Lipinski definition) is 3. The first-order valence-electron chi connectivity index (χ1n) is 8.68. The highest BCUT2D eigenvalue weighted by atomic mass is 16.3. The number of hydrogen-bond acceptors (Lipinski definition) is 3. The van der Waals surface area contributed by atoms with E-state index in [2.05, 4.69) is 12.2 Å². The van der Waals surface area contributed by atoms with Gasteiger partial charge in [-0.1, -0.05) is 63.3 Å². The predicted octanol–water partition coefficient (Wildman–Crippen LogP) is 2.91. The number of aliphatic hydroxyl groups is 2. The molecule has 0 aliphatic heterocycles. The second kappa shape index (κ2) is 10.4. The first-order chi connectivity index (χ1) is 11.1. The van der Waals surface area contributed by atoms with Gasteiger partial charge in [0.25, 0.3) is 0 Å². The number of carbonyl (C=O) groups excluding carboxylic acids is 1. The van der Waals surface area contributed by atoms with Crippen LogP contribution in [0.25, 0.3) is 0 Å². The maximum Gasteiger partial charge on any atom is 0.217 e. The maximum absolute atomic E-state index is 11.3. The summed E-state index contributed by atoms with van der Waals surface area (Å²) >= 11 is 0. The number of carbonyl (C=O) groups is 1. The van der Waals surface area contributed by atoms with Crippen molar-refractivity contribution in [2.24, 2.45) is 0 Å². The molecule has 0 spiro atoms. The van der Waals surface area contributed by atoms with Crippen LogP contribution in [0.4, 0.5) is 0 Å². The van der Waals surface area contributed by atoms with Crippen molar-refractivity contribution in [2.75, 3.05) is 13.2 Å². The molecule has 4 heteroatoms. The quantitative estimate of drug-likeness (QED) is 0.549. The minimum atomic E-state index is -1.11. The first kappa shape index (κ1) is 19.7. The Morgan fingerprint density at radius 3 is 2.09 bits per heavy atom. The largest absolute Gasteiger partial charge is 0.393 e. The SMILES string of the molecule is CCCCCCCCc1ccc(C(CO)(CO)NC(C)=O)cc1. The molecule has 0 saturated carbocycles. The van der Waals surface area contributed by atoms with Crippen molar-refractivity contribution < 1.29 is 15.0 Å². The summed E-state index contributed by atoms with van der Waals surface area (Å²) in [4.78, 5) is 11.3. The lowest BCUT2D eigenvalue weighted by Gasteiger charge is -2.31. The van der Waals surface area contributed by atoms with Crippen LogP contribution in [-0.4, -0.2) is 29.3 Å². The van der Waals surface area contributed by atoms with Crippen LogP contribution in [0.1, 0.15) is 63.5 Å². The number of rotatable bonds is 11. The summed E-state index contributed by atoms with van der Waals surface area (Å²) < 4.78 is 0. The van der Waals surface area contributed by atoms with E-state index in [0.717, 1.165) is 12.0 Å². The molecule has 23 heavy (non-hydrogen) atoms. The molecule has 1 amide bonds. The van der Waals surface area contributed by atoms with Crippen LogP contribution in [0.5, 0.6) is 0 Å². The smallest absolute Gasteiger partial charge is 0.217 e. The molecule has 0 unspecified atom stereocenters. The number of aryl methyl sites for hydroxylation is 1. The van der Waals surface area contributed by atoms with E-state index in [1.165, 1.54) is 51.0 Å². The Morgan fingerprint density at radius 1 is 1.00 bits per heavy atom. The maximum atomic E-state index is 11.3. The second-order valence-electron chi connectivity index (χ2n) is 6.29. The topological polar surface area (TPSA) is 69.6 Å². The van der Waals surface area contributed by atoms with Gasteiger partial charge in [-0.3, -0.25) is 4.79 Å². The summed E-state index contributed by atoms with van der Waals surface area (Å²) in [7, 11) is 0. The fourth-order valence-corrected chi connectivity index (χ4v) is 2.82. The number of amides is 1. The molecule has 4 nitrogen and oxygen atoms in total. The average molecular weight is 321 g/mol. The van der Waals surface area contributed by atoms with Gasteiger partial charge in [-0.05, 0) is 24.0 Å². The molecule has 0 saturated heterocycles. The molecular weight excluding hydrogens is 290 g/mol. The Bertz CT molecular complexity index is 452. The molecule has 0 fully saturated rings. The zero-order valence-electron chi connectivity index (χ0n) is 14.5. The van der Waals surface area contributed by atoms with Gasteiger partial charge in [0.05, 0.1) is 13.2 Å². The molecule has 3 N–H and O–H groups in total. The van der Waals surface area contributed by atoms with E-state index in [1.54, 1.807) is 0 Å². The normalized spacial score (nSPS) is 11.5. The third kappa shape index (κ3) is 6.32. The Labute approximate surface area is 139 Å². The van der Waals surface area contributed by atoms with Crippen LogP contribution in [0.3, 0.4) is 0 Å². The molecule has 0 heterocycles. The summed E-state index contributed by atoms with van der Waals surface area (Å²) in [6.45, 7) is 2.94. The van der Waals surface area contributed by atoms with E-state index < -0.39 is 5.54 Å². The number of nitrogens with one attached hydrogen (secondary N) is 1. The molecule has 0 aromatic heterocycles. The molecule has 1 aromatic rings. The van der Waals surface area contributed by atoms with Crippen molar-refractivity contribution in [3.05, 3.63) is 35.4 Å². The molecule has 1 aromatic carbocycles. The standard InChI is InChI=1S/C19H31NO3/c1-3-4-5-6-7-8-9-17-10-12-18(13-11-17)19(14-21,15-22)20-16(2)23/h10-13,21-22H,3-9,14-15H2,1-2H3,(H,20,23). The number of benzene rings is 1. The monoisotopic (exact) mass is 321 g/mol. The van der Waals surface area contributed by atoms with E-state index in [0.29, 0.717) is 0 Å². The Kier molecular flexibility index (Phi) is 8.89. The van der Waals surface area contributed by atoms with Gasteiger partial charge in [0, 0.05) is 6.92 Å². The zero-order chi connectivity index (χ0) is 17.1. The van der Waals surface area contributed by atoms with Gasteiger partial charge in [0.15, 0.2) is 0 Å². The van der Waals surface area contributed by atoms with Crippen molar-refractivity contribution in [1.29, 1.82) is 0 Å². The highest BCUT2D eigenvalue weighted by molar-refractivity contribution is 5.74. The lowest BCUT2D eigenvalue weighted by molar-refractivity contribution is -0.122. The van der Waals surface area contributed by atoms with Crippen LogP contribution < -0.4 is 5.32 Å². The summed E-state index contributed by atoms with van der Waals surface area (Å²) in [6, 6.07) is 7.80. The molecule has 130 valence electrons. The Morgan fingerprint density at radius 2 is 1.57 bits per heavy atom. The van der Waals surface area contributed by atoms with Crippen LogP contribution in [-0.2, 0) is 16.8 Å². The fraction of sp³-hybridized carbons (Fsp3) is 0.632. The number of unbranched alkanes of at least 4 members (excludes halogenated alkanes) is 5. The van der Waals surface area contributed by atoms with Gasteiger partial charge in [0.1, 0.15) is 5.54 Å². The lowest BCUT2D eigenvalue weighted by Crippen LogP contribution is -2.50. The van der Waals surface area contributed by atoms with E-state index in [1.807, 2.05) is 24.3 Å². The van der Waals surface area contributed by atoms with Crippen LogP contribution in [0.15, 0.2) is 24.3 Å². The highest BCUT2D eigenvalue weighted by Crippen LogP contribution is 2.22. The fourth-order valence-electron chi connectivity index (χ4n) is 2.82. The van der Waals surface area contributed by atoms with Crippen molar-refractivity contribution in [3.63, 3.8) is 0 Å². The molecule has 0 aliphatic rings. The van der Waals surface area contributed by atoms with Gasteiger partial charge in [-0.2, -0.15) is 0 Å². The van der Waals surface area contributed by atoms with Crippen LogP contribution in [0, 0.1) is 0 Å².